The Kier molecular flexibility index (Phi) is 11.1. The molecule has 0 radical (unpaired) electrons. The molecule has 0 spiro atoms. The molecule has 0 aliphatic carbocycles. The third-order valence-electron chi connectivity index (χ3n) is 6.48. The molecule has 7 nitrogen and oxygen atoms in total. The molecule has 0 saturated heterocycles. The highest BCUT2D eigenvalue weighted by atomic mass is 35.5. The van der Waals surface area contributed by atoms with Crippen LogP contribution in [-0.2, 0) is 32.6 Å². The third kappa shape index (κ3) is 8.89. The van der Waals surface area contributed by atoms with Crippen molar-refractivity contribution in [2.24, 2.45) is 0 Å². The van der Waals surface area contributed by atoms with E-state index in [4.69, 9.17) is 23.2 Å². The summed E-state index contributed by atoms with van der Waals surface area (Å²) >= 11 is 12.3. The van der Waals surface area contributed by atoms with E-state index in [-0.39, 0.29) is 29.7 Å². The van der Waals surface area contributed by atoms with Gasteiger partial charge in [0.2, 0.25) is 21.8 Å². The summed E-state index contributed by atoms with van der Waals surface area (Å²) in [5.41, 5.74) is 1.07. The van der Waals surface area contributed by atoms with Crippen LogP contribution in [-0.4, -0.2) is 50.0 Å². The molecule has 0 aliphatic heterocycles. The summed E-state index contributed by atoms with van der Waals surface area (Å²) in [5, 5.41) is 3.45. The minimum atomic E-state index is -4.13. The summed E-state index contributed by atoms with van der Waals surface area (Å²) in [6.07, 6.45) is 1.62. The van der Waals surface area contributed by atoms with Gasteiger partial charge in [0.05, 0.1) is 22.0 Å². The van der Waals surface area contributed by atoms with Gasteiger partial charge in [0, 0.05) is 25.1 Å². The Hall–Kier alpha value is -3.21. The molecule has 0 aliphatic rings. The van der Waals surface area contributed by atoms with Crippen LogP contribution in [0.2, 0.25) is 10.0 Å². The van der Waals surface area contributed by atoms with Crippen LogP contribution >= 0.6 is 23.2 Å². The van der Waals surface area contributed by atoms with Crippen LogP contribution in [0.4, 0.5) is 14.5 Å². The second-order valence-corrected chi connectivity index (χ2v) is 12.4. The molecule has 12 heteroatoms. The smallest absolute Gasteiger partial charge is 0.244 e. The lowest BCUT2D eigenvalue weighted by Crippen LogP contribution is -2.54. The lowest BCUT2D eigenvalue weighted by atomic mass is 10.0. The number of sulfonamides is 1. The molecule has 0 saturated carbocycles. The van der Waals surface area contributed by atoms with Gasteiger partial charge >= 0.3 is 0 Å². The second kappa shape index (κ2) is 14.1. The lowest BCUT2D eigenvalue weighted by Gasteiger charge is -2.34. The Labute approximate surface area is 249 Å². The average Bonchev–Trinajstić information content (AvgIpc) is 2.92. The molecule has 41 heavy (non-hydrogen) atoms. The van der Waals surface area contributed by atoms with E-state index in [9.17, 15) is 26.8 Å². The number of carbonyl (C=O) groups is 2. The maximum Gasteiger partial charge on any atom is 0.244 e. The van der Waals surface area contributed by atoms with Gasteiger partial charge in [0.15, 0.2) is 11.6 Å². The van der Waals surface area contributed by atoms with Crippen molar-refractivity contribution < 1.29 is 26.8 Å². The highest BCUT2D eigenvalue weighted by Gasteiger charge is 2.33. The fraction of sp³-hybridized carbons (Fsp3) is 0.310. The summed E-state index contributed by atoms with van der Waals surface area (Å²) < 4.78 is 53.8. The highest BCUT2D eigenvalue weighted by Crippen LogP contribution is 2.26. The number of benzene rings is 3. The Morgan fingerprint density at radius 2 is 1.61 bits per heavy atom. The first-order chi connectivity index (χ1) is 19.3. The number of halogens is 4. The molecule has 0 bridgehead atoms. The fourth-order valence-corrected chi connectivity index (χ4v) is 5.25. The SMILES string of the molecule is CCC(C)NC(=O)C(Cc1ccccc1)N(Cc1ccc(Cl)c(Cl)c1)C(=O)CN(c1ccc(F)c(F)c1)S(C)(=O)=O. The van der Waals surface area contributed by atoms with Crippen molar-refractivity contribution in [3.8, 4) is 0 Å². The topological polar surface area (TPSA) is 86.8 Å². The summed E-state index contributed by atoms with van der Waals surface area (Å²) in [6, 6.07) is 15.1. The van der Waals surface area contributed by atoms with Gasteiger partial charge in [-0.25, -0.2) is 17.2 Å². The van der Waals surface area contributed by atoms with Crippen LogP contribution in [0.25, 0.3) is 0 Å². The highest BCUT2D eigenvalue weighted by molar-refractivity contribution is 7.92. The molecule has 0 aromatic heterocycles. The predicted octanol–water partition coefficient (Wildman–Crippen LogP) is 5.59. The minimum Gasteiger partial charge on any atom is -0.352 e. The summed E-state index contributed by atoms with van der Waals surface area (Å²) in [5.74, 6) is -3.62. The quantitative estimate of drug-likeness (QED) is 0.284. The molecule has 3 rings (SSSR count). The third-order valence-corrected chi connectivity index (χ3v) is 8.36. The molecule has 2 atom stereocenters. The van der Waals surface area contributed by atoms with Gasteiger partial charge in [-0.05, 0) is 48.7 Å². The first-order valence-corrected chi connectivity index (χ1v) is 15.4. The summed E-state index contributed by atoms with van der Waals surface area (Å²) in [7, 11) is -4.13. The van der Waals surface area contributed by atoms with Crippen LogP contribution < -0.4 is 9.62 Å². The van der Waals surface area contributed by atoms with E-state index in [1.165, 1.54) is 4.90 Å². The van der Waals surface area contributed by atoms with Gasteiger partial charge in [0.1, 0.15) is 12.6 Å². The largest absolute Gasteiger partial charge is 0.352 e. The van der Waals surface area contributed by atoms with Crippen LogP contribution in [0.1, 0.15) is 31.4 Å². The number of nitrogens with zero attached hydrogens (tertiary/aromatic N) is 2. The van der Waals surface area contributed by atoms with Gasteiger partial charge in [0.25, 0.3) is 0 Å². The standard InChI is InChI=1S/C29H31Cl2F2N3O4S/c1-4-19(2)34-29(38)27(15-20-8-6-5-7-9-20)35(17-21-10-12-23(30)24(31)14-21)28(37)18-36(41(3,39)40)22-11-13-25(32)26(33)16-22/h5-14,16,19,27H,4,15,17-18H2,1-3H3,(H,34,38). The Bertz CT molecular complexity index is 1490. The zero-order valence-electron chi connectivity index (χ0n) is 22.8. The second-order valence-electron chi connectivity index (χ2n) is 9.66. The van der Waals surface area contributed by atoms with E-state index in [2.05, 4.69) is 5.32 Å². The number of hydrogen-bond donors (Lipinski definition) is 1. The van der Waals surface area contributed by atoms with E-state index < -0.39 is 46.1 Å². The maximum absolute atomic E-state index is 14.0. The van der Waals surface area contributed by atoms with Crippen molar-refractivity contribution in [2.45, 2.75) is 45.3 Å². The normalized spacial score (nSPS) is 12.9. The molecular formula is C29H31Cl2F2N3O4S. The Morgan fingerprint density at radius 1 is 0.927 bits per heavy atom. The molecule has 1 N–H and O–H groups in total. The molecule has 2 amide bonds. The molecule has 3 aromatic rings. The summed E-state index contributed by atoms with van der Waals surface area (Å²) in [4.78, 5) is 28.9. The minimum absolute atomic E-state index is 0.115. The number of amides is 2. The van der Waals surface area contributed by atoms with E-state index in [1.54, 1.807) is 30.3 Å². The number of nitrogens with one attached hydrogen (secondary N) is 1. The van der Waals surface area contributed by atoms with E-state index >= 15 is 0 Å². The van der Waals surface area contributed by atoms with Gasteiger partial charge in [-0.15, -0.1) is 0 Å². The van der Waals surface area contributed by atoms with E-state index in [1.807, 2.05) is 32.0 Å². The Balaban J connectivity index is 2.09. The number of carbonyl (C=O) groups excluding carboxylic acids is 2. The predicted molar refractivity (Wildman–Crippen MR) is 157 cm³/mol. The molecule has 220 valence electrons. The van der Waals surface area contributed by atoms with Crippen LogP contribution in [0, 0.1) is 11.6 Å². The van der Waals surface area contributed by atoms with Crippen molar-refractivity contribution >= 4 is 50.7 Å². The zero-order valence-corrected chi connectivity index (χ0v) is 25.1. The van der Waals surface area contributed by atoms with Crippen molar-refractivity contribution in [1.82, 2.24) is 10.2 Å². The van der Waals surface area contributed by atoms with Crippen molar-refractivity contribution in [1.29, 1.82) is 0 Å². The molecular weight excluding hydrogens is 595 g/mol. The average molecular weight is 627 g/mol. The molecule has 2 unspecified atom stereocenters. The van der Waals surface area contributed by atoms with Gasteiger partial charge in [-0.1, -0.05) is 66.5 Å². The fourth-order valence-electron chi connectivity index (χ4n) is 4.08. The summed E-state index contributed by atoms with van der Waals surface area (Å²) in [6.45, 7) is 2.85. The van der Waals surface area contributed by atoms with Crippen molar-refractivity contribution in [2.75, 3.05) is 17.1 Å². The maximum atomic E-state index is 14.0. The van der Waals surface area contributed by atoms with Gasteiger partial charge < -0.3 is 10.2 Å². The zero-order chi connectivity index (χ0) is 30.3. The Morgan fingerprint density at radius 3 is 2.20 bits per heavy atom. The first kappa shape index (κ1) is 32.3. The van der Waals surface area contributed by atoms with Crippen LogP contribution in [0.3, 0.4) is 0 Å². The van der Waals surface area contributed by atoms with Crippen LogP contribution in [0.5, 0.6) is 0 Å². The van der Waals surface area contributed by atoms with Crippen molar-refractivity contribution in [3.05, 3.63) is 99.5 Å². The molecule has 3 aromatic carbocycles. The van der Waals surface area contributed by atoms with Gasteiger partial charge in [-0.2, -0.15) is 0 Å². The van der Waals surface area contributed by atoms with Crippen LogP contribution in [0.15, 0.2) is 66.7 Å². The van der Waals surface area contributed by atoms with E-state index in [0.29, 0.717) is 27.4 Å². The monoisotopic (exact) mass is 625 g/mol. The van der Waals surface area contributed by atoms with Gasteiger partial charge in [-0.3, -0.25) is 13.9 Å². The molecule has 0 fully saturated rings. The number of hydrogen-bond acceptors (Lipinski definition) is 4. The van der Waals surface area contributed by atoms with Crippen molar-refractivity contribution in [3.63, 3.8) is 0 Å². The number of rotatable bonds is 12. The number of anilines is 1. The van der Waals surface area contributed by atoms with E-state index in [0.717, 1.165) is 24.0 Å². The lowest BCUT2D eigenvalue weighted by molar-refractivity contribution is -0.140. The first-order valence-electron chi connectivity index (χ1n) is 12.8. The molecule has 0 heterocycles.